The number of methoxy groups -OCH3 is 1. The van der Waals surface area contributed by atoms with Crippen LogP contribution in [0.25, 0.3) is 0 Å². The first-order valence-corrected chi connectivity index (χ1v) is 12.6. The van der Waals surface area contributed by atoms with Crippen molar-refractivity contribution in [3.63, 3.8) is 0 Å². The van der Waals surface area contributed by atoms with Crippen LogP contribution in [0.3, 0.4) is 0 Å². The highest BCUT2D eigenvalue weighted by Crippen LogP contribution is 2.30. The smallest absolute Gasteiger partial charge is 0.343 e. The Labute approximate surface area is 200 Å². The molecule has 0 spiro atoms. The van der Waals surface area contributed by atoms with Crippen LogP contribution in [0.4, 0.5) is 0 Å². The van der Waals surface area contributed by atoms with Gasteiger partial charge in [-0.1, -0.05) is 60.7 Å². The van der Waals surface area contributed by atoms with Gasteiger partial charge in [0.05, 0.1) is 18.0 Å². The number of carbonyl (C=O) groups excluding carboxylic acids is 1. The van der Waals surface area contributed by atoms with Crippen LogP contribution in [0.1, 0.15) is 17.2 Å². The van der Waals surface area contributed by atoms with Crippen LogP contribution in [-0.4, -0.2) is 63.5 Å². The van der Waals surface area contributed by atoms with Crippen molar-refractivity contribution in [1.29, 1.82) is 0 Å². The molecule has 34 heavy (non-hydrogen) atoms. The summed E-state index contributed by atoms with van der Waals surface area (Å²) in [6.45, 7) is 1.81. The van der Waals surface area contributed by atoms with Crippen molar-refractivity contribution in [2.24, 2.45) is 0 Å². The summed E-state index contributed by atoms with van der Waals surface area (Å²) in [5.41, 5.74) is 2.38. The van der Waals surface area contributed by atoms with Crippen molar-refractivity contribution >= 4 is 16.0 Å². The lowest BCUT2D eigenvalue weighted by Gasteiger charge is -2.39. The van der Waals surface area contributed by atoms with Crippen molar-refractivity contribution in [3.05, 3.63) is 96.1 Å². The number of nitrogens with zero attached hydrogens (tertiary/aromatic N) is 2. The predicted octanol–water partition coefficient (Wildman–Crippen LogP) is 3.33. The minimum absolute atomic E-state index is 0.0681. The molecule has 0 amide bonds. The number of sulfonamides is 1. The van der Waals surface area contributed by atoms with Gasteiger partial charge in [-0.2, -0.15) is 4.31 Å². The monoisotopic (exact) mass is 480 g/mol. The van der Waals surface area contributed by atoms with Crippen LogP contribution in [0, 0.1) is 0 Å². The first-order chi connectivity index (χ1) is 16.5. The zero-order chi connectivity index (χ0) is 24.0. The van der Waals surface area contributed by atoms with Gasteiger partial charge in [-0.3, -0.25) is 4.90 Å². The van der Waals surface area contributed by atoms with Crippen LogP contribution in [0.2, 0.25) is 0 Å². The summed E-state index contributed by atoms with van der Waals surface area (Å²) in [6, 6.07) is 26.8. The molecule has 0 aromatic heterocycles. The number of benzene rings is 3. The molecule has 1 saturated heterocycles. The van der Waals surface area contributed by atoms with Crippen LogP contribution < -0.4 is 4.74 Å². The van der Waals surface area contributed by atoms with E-state index in [4.69, 9.17) is 4.74 Å². The van der Waals surface area contributed by atoms with Crippen LogP contribution in [0.15, 0.2) is 89.8 Å². The van der Waals surface area contributed by atoms with E-state index < -0.39 is 16.0 Å². The molecule has 0 radical (unpaired) electrons. The largest absolute Gasteiger partial charge is 0.482 e. The molecule has 3 aromatic rings. The van der Waals surface area contributed by atoms with Gasteiger partial charge in [0.15, 0.2) is 6.61 Å². The topological polar surface area (TPSA) is 76.1 Å². The zero-order valence-corrected chi connectivity index (χ0v) is 19.9. The third kappa shape index (κ3) is 5.47. The molecule has 178 valence electrons. The molecule has 1 aliphatic rings. The van der Waals surface area contributed by atoms with Gasteiger partial charge in [-0.15, -0.1) is 0 Å². The number of esters is 1. The number of ether oxygens (including phenoxy) is 2. The van der Waals surface area contributed by atoms with E-state index in [2.05, 4.69) is 33.9 Å². The lowest BCUT2D eigenvalue weighted by molar-refractivity contribution is -0.142. The van der Waals surface area contributed by atoms with Gasteiger partial charge in [0, 0.05) is 26.2 Å². The van der Waals surface area contributed by atoms with E-state index in [1.807, 2.05) is 36.4 Å². The van der Waals surface area contributed by atoms with Gasteiger partial charge in [0.1, 0.15) is 5.75 Å². The van der Waals surface area contributed by atoms with Crippen molar-refractivity contribution in [3.8, 4) is 5.75 Å². The lowest BCUT2D eigenvalue weighted by atomic mass is 9.96. The van der Waals surface area contributed by atoms with Crippen LogP contribution in [-0.2, 0) is 19.6 Å². The predicted molar refractivity (Wildman–Crippen MR) is 129 cm³/mol. The number of rotatable bonds is 8. The highest BCUT2D eigenvalue weighted by molar-refractivity contribution is 7.89. The normalized spacial score (nSPS) is 15.2. The van der Waals surface area contributed by atoms with Crippen molar-refractivity contribution in [1.82, 2.24) is 9.21 Å². The van der Waals surface area contributed by atoms with E-state index in [1.54, 1.807) is 12.1 Å². The van der Waals surface area contributed by atoms with Crippen molar-refractivity contribution in [2.45, 2.75) is 10.9 Å². The Morgan fingerprint density at radius 2 is 1.35 bits per heavy atom. The molecule has 0 unspecified atom stereocenters. The van der Waals surface area contributed by atoms with Gasteiger partial charge in [0.25, 0.3) is 0 Å². The highest BCUT2D eigenvalue weighted by atomic mass is 32.2. The van der Waals surface area contributed by atoms with Gasteiger partial charge in [0.2, 0.25) is 10.0 Å². The quantitative estimate of drug-likeness (QED) is 0.461. The Balaban J connectivity index is 1.45. The maximum atomic E-state index is 13.2. The molecular formula is C26H28N2O5S. The summed E-state index contributed by atoms with van der Waals surface area (Å²) in [4.78, 5) is 13.8. The number of carbonyl (C=O) groups is 1. The Hall–Kier alpha value is -3.20. The molecule has 8 heteroatoms. The van der Waals surface area contributed by atoms with E-state index in [9.17, 15) is 13.2 Å². The fraction of sp³-hybridized carbons (Fsp3) is 0.269. The molecule has 7 nitrogen and oxygen atoms in total. The lowest BCUT2D eigenvalue weighted by Crippen LogP contribution is -2.49. The van der Waals surface area contributed by atoms with E-state index in [0.29, 0.717) is 31.9 Å². The molecule has 4 rings (SSSR count). The average Bonchev–Trinajstić information content (AvgIpc) is 2.89. The number of hydrogen-bond acceptors (Lipinski definition) is 6. The second kappa shape index (κ2) is 10.8. The molecule has 0 bridgehead atoms. The van der Waals surface area contributed by atoms with Crippen LogP contribution >= 0.6 is 0 Å². The van der Waals surface area contributed by atoms with E-state index >= 15 is 0 Å². The second-order valence-corrected chi connectivity index (χ2v) is 9.94. The fourth-order valence-electron chi connectivity index (χ4n) is 4.14. The third-order valence-corrected chi connectivity index (χ3v) is 7.83. The molecule has 0 aliphatic carbocycles. The molecule has 1 fully saturated rings. The first kappa shape index (κ1) is 23.9. The van der Waals surface area contributed by atoms with E-state index in [-0.39, 0.29) is 17.5 Å². The Bertz CT molecular complexity index is 1140. The fourth-order valence-corrected chi connectivity index (χ4v) is 5.57. The maximum Gasteiger partial charge on any atom is 0.343 e. The van der Waals surface area contributed by atoms with Crippen molar-refractivity contribution < 1.29 is 22.7 Å². The first-order valence-electron chi connectivity index (χ1n) is 11.1. The van der Waals surface area contributed by atoms with Gasteiger partial charge in [-0.05, 0) is 35.4 Å². The molecule has 3 aromatic carbocycles. The summed E-state index contributed by atoms with van der Waals surface area (Å²) >= 11 is 0. The number of hydrogen-bond donors (Lipinski definition) is 0. The molecule has 0 N–H and O–H groups in total. The highest BCUT2D eigenvalue weighted by Gasteiger charge is 2.32. The SMILES string of the molecule is COC(=O)COc1ccc(S(=O)(=O)N2CCN(C(c3ccccc3)c3ccccc3)CC2)cc1. The second-order valence-electron chi connectivity index (χ2n) is 8.00. The summed E-state index contributed by atoms with van der Waals surface area (Å²) in [5, 5.41) is 0. The summed E-state index contributed by atoms with van der Waals surface area (Å²) < 4.78 is 37.8. The molecule has 1 aliphatic heterocycles. The van der Waals surface area contributed by atoms with Crippen molar-refractivity contribution in [2.75, 3.05) is 39.9 Å². The minimum atomic E-state index is -3.63. The summed E-state index contributed by atoms with van der Waals surface area (Å²) in [6.07, 6.45) is 0. The Morgan fingerprint density at radius 3 is 1.85 bits per heavy atom. The van der Waals surface area contributed by atoms with Crippen LogP contribution in [0.5, 0.6) is 5.75 Å². The average molecular weight is 481 g/mol. The van der Waals surface area contributed by atoms with Gasteiger partial charge < -0.3 is 9.47 Å². The Morgan fingerprint density at radius 1 is 0.824 bits per heavy atom. The molecule has 0 atom stereocenters. The summed E-state index contributed by atoms with van der Waals surface area (Å²) in [5.74, 6) is -0.0957. The third-order valence-electron chi connectivity index (χ3n) is 5.91. The van der Waals surface area contributed by atoms with E-state index in [0.717, 1.165) is 0 Å². The van der Waals surface area contributed by atoms with Gasteiger partial charge in [-0.25, -0.2) is 13.2 Å². The van der Waals surface area contributed by atoms with Gasteiger partial charge >= 0.3 is 5.97 Å². The molecule has 1 heterocycles. The standard InChI is InChI=1S/C26H28N2O5S/c1-32-25(29)20-33-23-12-14-24(15-13-23)34(30,31)28-18-16-27(17-19-28)26(21-8-4-2-5-9-21)22-10-6-3-7-11-22/h2-15,26H,16-20H2,1H3. The van der Waals surface area contributed by atoms with E-state index in [1.165, 1.54) is 34.7 Å². The Kier molecular flexibility index (Phi) is 7.62. The maximum absolute atomic E-state index is 13.2. The number of piperazine rings is 1. The molecule has 0 saturated carbocycles. The minimum Gasteiger partial charge on any atom is -0.482 e. The summed E-state index contributed by atoms with van der Waals surface area (Å²) in [7, 11) is -2.35. The molecular weight excluding hydrogens is 452 g/mol. The zero-order valence-electron chi connectivity index (χ0n) is 19.0.